The van der Waals surface area contributed by atoms with Crippen LogP contribution in [0.15, 0.2) is 0 Å². The molecule has 0 heteroatoms. The summed E-state index contributed by atoms with van der Waals surface area (Å²) < 4.78 is 0. The highest BCUT2D eigenvalue weighted by Gasteiger charge is 2.45. The molecular formula is C18H30. The second-order valence-electron chi connectivity index (χ2n) is 8.00. The summed E-state index contributed by atoms with van der Waals surface area (Å²) in [4.78, 5) is 0. The molecule has 0 amide bonds. The molecule has 18 heavy (non-hydrogen) atoms. The summed E-state index contributed by atoms with van der Waals surface area (Å²) in [6.45, 7) is 0. The van der Waals surface area contributed by atoms with Crippen LogP contribution in [0.2, 0.25) is 0 Å². The van der Waals surface area contributed by atoms with Crippen molar-refractivity contribution in [3.8, 4) is 0 Å². The lowest BCUT2D eigenvalue weighted by molar-refractivity contribution is 0.0478. The lowest BCUT2D eigenvalue weighted by Crippen LogP contribution is -2.36. The fourth-order valence-corrected chi connectivity index (χ4v) is 6.59. The summed E-state index contributed by atoms with van der Waals surface area (Å²) in [5.41, 5.74) is 0. The molecule has 0 aromatic rings. The highest BCUT2D eigenvalue weighted by molar-refractivity contribution is 4.95. The van der Waals surface area contributed by atoms with Crippen molar-refractivity contribution in [3.63, 3.8) is 0 Å². The molecule has 4 rings (SSSR count). The molecule has 0 aliphatic heterocycles. The lowest BCUT2D eigenvalue weighted by Gasteiger charge is -2.45. The van der Waals surface area contributed by atoms with Gasteiger partial charge in [0.25, 0.3) is 0 Å². The zero-order valence-corrected chi connectivity index (χ0v) is 11.9. The van der Waals surface area contributed by atoms with Crippen LogP contribution in [0.1, 0.15) is 77.0 Å². The molecule has 4 aliphatic rings. The van der Waals surface area contributed by atoms with E-state index in [1.165, 1.54) is 5.92 Å². The Morgan fingerprint density at radius 2 is 0.833 bits per heavy atom. The predicted molar refractivity (Wildman–Crippen MR) is 76.3 cm³/mol. The van der Waals surface area contributed by atoms with Crippen molar-refractivity contribution in [1.29, 1.82) is 0 Å². The van der Waals surface area contributed by atoms with Gasteiger partial charge in [0, 0.05) is 0 Å². The SMILES string of the molecule is C1CCC2CC3CCCC4CCCC(CC2C1)C43. The predicted octanol–water partition coefficient (Wildman–Crippen LogP) is 5.42. The third-order valence-corrected chi connectivity index (χ3v) is 7.21. The number of rotatable bonds is 0. The standard InChI is InChI=1S/C18H30/c1-2-6-15-12-17-10-4-8-13-7-3-9-16(18(13)17)11-14(15)5-1/h13-18H,1-12H2. The van der Waals surface area contributed by atoms with E-state index in [4.69, 9.17) is 0 Å². The molecule has 102 valence electrons. The lowest BCUT2D eigenvalue weighted by atomic mass is 9.60. The Bertz CT molecular complexity index is 266. The molecule has 4 fully saturated rings. The fourth-order valence-electron chi connectivity index (χ4n) is 6.59. The van der Waals surface area contributed by atoms with Crippen LogP contribution in [0.3, 0.4) is 0 Å². The minimum Gasteiger partial charge on any atom is -0.0530 e. The van der Waals surface area contributed by atoms with Gasteiger partial charge in [0.15, 0.2) is 0 Å². The molecule has 0 saturated heterocycles. The smallest absolute Gasteiger partial charge is 0.0329 e. The zero-order chi connectivity index (χ0) is 11.9. The topological polar surface area (TPSA) is 0 Å². The monoisotopic (exact) mass is 246 g/mol. The molecule has 0 N–H and O–H groups in total. The summed E-state index contributed by atoms with van der Waals surface area (Å²) in [5.74, 6) is 6.94. The second-order valence-corrected chi connectivity index (χ2v) is 8.00. The third kappa shape index (κ3) is 1.95. The van der Waals surface area contributed by atoms with Crippen molar-refractivity contribution in [2.24, 2.45) is 35.5 Å². The highest BCUT2D eigenvalue weighted by atomic mass is 14.5. The van der Waals surface area contributed by atoms with E-state index in [0.717, 1.165) is 29.6 Å². The van der Waals surface area contributed by atoms with Gasteiger partial charge in [-0.05, 0) is 48.3 Å². The van der Waals surface area contributed by atoms with E-state index in [1.807, 2.05) is 0 Å². The van der Waals surface area contributed by atoms with Crippen molar-refractivity contribution in [2.75, 3.05) is 0 Å². The van der Waals surface area contributed by atoms with Crippen molar-refractivity contribution in [1.82, 2.24) is 0 Å². The van der Waals surface area contributed by atoms with E-state index in [2.05, 4.69) is 0 Å². The van der Waals surface area contributed by atoms with Gasteiger partial charge in [-0.1, -0.05) is 64.2 Å². The molecule has 4 aliphatic carbocycles. The number of hydrogen-bond acceptors (Lipinski definition) is 0. The molecule has 0 bridgehead atoms. The molecular weight excluding hydrogens is 216 g/mol. The van der Waals surface area contributed by atoms with Crippen molar-refractivity contribution < 1.29 is 0 Å². The first-order chi connectivity index (χ1) is 8.92. The van der Waals surface area contributed by atoms with Gasteiger partial charge in [0.2, 0.25) is 0 Å². The minimum atomic E-state index is 1.15. The Balaban J connectivity index is 1.60. The molecule has 4 saturated carbocycles. The summed E-state index contributed by atoms with van der Waals surface area (Å²) in [5, 5.41) is 0. The first kappa shape index (κ1) is 11.8. The van der Waals surface area contributed by atoms with E-state index in [0.29, 0.717) is 0 Å². The van der Waals surface area contributed by atoms with Gasteiger partial charge in [0.05, 0.1) is 0 Å². The van der Waals surface area contributed by atoms with Crippen LogP contribution >= 0.6 is 0 Å². The summed E-state index contributed by atoms with van der Waals surface area (Å²) in [7, 11) is 0. The van der Waals surface area contributed by atoms with Gasteiger partial charge in [-0.25, -0.2) is 0 Å². The second kappa shape index (κ2) is 4.84. The maximum atomic E-state index is 1.64. The van der Waals surface area contributed by atoms with E-state index in [9.17, 15) is 0 Å². The van der Waals surface area contributed by atoms with Gasteiger partial charge < -0.3 is 0 Å². The van der Waals surface area contributed by atoms with Crippen molar-refractivity contribution in [3.05, 3.63) is 0 Å². The average Bonchev–Trinajstić information content (AvgIpc) is 2.57. The van der Waals surface area contributed by atoms with Crippen LogP contribution in [-0.4, -0.2) is 0 Å². The van der Waals surface area contributed by atoms with Crippen LogP contribution < -0.4 is 0 Å². The molecule has 0 radical (unpaired) electrons. The maximum absolute atomic E-state index is 1.64. The van der Waals surface area contributed by atoms with E-state index >= 15 is 0 Å². The van der Waals surface area contributed by atoms with Gasteiger partial charge in [0.1, 0.15) is 0 Å². The van der Waals surface area contributed by atoms with Crippen LogP contribution in [0, 0.1) is 35.5 Å². The largest absolute Gasteiger partial charge is 0.0530 e. The molecule has 0 heterocycles. The van der Waals surface area contributed by atoms with Crippen LogP contribution in [0.4, 0.5) is 0 Å². The highest BCUT2D eigenvalue weighted by Crippen LogP contribution is 2.55. The molecule has 4 unspecified atom stereocenters. The molecule has 0 aromatic carbocycles. The quantitative estimate of drug-likeness (QED) is 0.535. The Labute approximate surface area is 113 Å². The normalized spacial score (nSPS) is 52.0. The van der Waals surface area contributed by atoms with Gasteiger partial charge in [-0.2, -0.15) is 0 Å². The third-order valence-electron chi connectivity index (χ3n) is 7.21. The van der Waals surface area contributed by atoms with Crippen molar-refractivity contribution >= 4 is 0 Å². The van der Waals surface area contributed by atoms with Crippen LogP contribution in [0.25, 0.3) is 0 Å². The van der Waals surface area contributed by atoms with E-state index in [1.54, 1.807) is 77.0 Å². The minimum absolute atomic E-state index is 1.15. The average molecular weight is 246 g/mol. The number of hydrogen-bond donors (Lipinski definition) is 0. The Kier molecular flexibility index (Phi) is 3.17. The first-order valence-corrected chi connectivity index (χ1v) is 8.92. The van der Waals surface area contributed by atoms with E-state index < -0.39 is 0 Å². The van der Waals surface area contributed by atoms with Gasteiger partial charge in [-0.3, -0.25) is 0 Å². The van der Waals surface area contributed by atoms with Crippen LogP contribution in [0.5, 0.6) is 0 Å². The first-order valence-electron chi connectivity index (χ1n) is 8.92. The molecule has 0 aromatic heterocycles. The Hall–Kier alpha value is 0. The molecule has 0 spiro atoms. The Morgan fingerprint density at radius 1 is 0.389 bits per heavy atom. The van der Waals surface area contributed by atoms with Crippen molar-refractivity contribution in [2.45, 2.75) is 77.0 Å². The Morgan fingerprint density at radius 3 is 1.39 bits per heavy atom. The van der Waals surface area contributed by atoms with Gasteiger partial charge >= 0.3 is 0 Å². The van der Waals surface area contributed by atoms with Crippen LogP contribution in [-0.2, 0) is 0 Å². The van der Waals surface area contributed by atoms with E-state index in [-0.39, 0.29) is 0 Å². The van der Waals surface area contributed by atoms with Gasteiger partial charge in [-0.15, -0.1) is 0 Å². The fraction of sp³-hybridized carbons (Fsp3) is 1.00. The maximum Gasteiger partial charge on any atom is -0.0329 e. The summed E-state index contributed by atoms with van der Waals surface area (Å²) in [6, 6.07) is 0. The summed E-state index contributed by atoms with van der Waals surface area (Å²) in [6.07, 6.45) is 19.1. The molecule has 4 atom stereocenters. The number of fused-ring (bicyclic) bond motifs is 1. The molecule has 0 nitrogen and oxygen atoms in total. The summed E-state index contributed by atoms with van der Waals surface area (Å²) >= 11 is 0. The zero-order valence-electron chi connectivity index (χ0n) is 11.9.